The summed E-state index contributed by atoms with van der Waals surface area (Å²) in [6.07, 6.45) is 2.51. The van der Waals surface area contributed by atoms with Gasteiger partial charge in [-0.2, -0.15) is 4.98 Å². The van der Waals surface area contributed by atoms with Crippen LogP contribution in [0.25, 0.3) is 0 Å². The van der Waals surface area contributed by atoms with E-state index in [0.717, 1.165) is 43.0 Å². The molecule has 2 N–H and O–H groups in total. The average Bonchev–Trinajstić information content (AvgIpc) is 2.35. The molecule has 0 amide bonds. The molecule has 1 aromatic heterocycles. The lowest BCUT2D eigenvalue weighted by Gasteiger charge is -2.18. The normalized spacial score (nSPS) is 14.6. The average molecular weight is 223 g/mol. The predicted molar refractivity (Wildman–Crippen MR) is 59.3 cm³/mol. The topological polar surface area (TPSA) is 70.3 Å². The van der Waals surface area contributed by atoms with Crippen LogP contribution in [0.15, 0.2) is 0 Å². The van der Waals surface area contributed by atoms with E-state index in [9.17, 15) is 0 Å². The molecule has 2 rings (SSSR count). The Morgan fingerprint density at radius 3 is 3.06 bits per heavy atom. The second-order valence-electron chi connectivity index (χ2n) is 3.77. The number of ether oxygens (including phenoxy) is 2. The molecule has 0 radical (unpaired) electrons. The molecule has 0 spiro atoms. The lowest BCUT2D eigenvalue weighted by Crippen LogP contribution is -2.16. The van der Waals surface area contributed by atoms with E-state index in [-0.39, 0.29) is 0 Å². The zero-order valence-corrected chi connectivity index (χ0v) is 9.53. The molecule has 0 unspecified atom stereocenters. The fraction of sp³-hybridized carbons (Fsp3) is 0.636. The molecule has 0 fully saturated rings. The summed E-state index contributed by atoms with van der Waals surface area (Å²) in [5, 5.41) is 0. The van der Waals surface area contributed by atoms with Gasteiger partial charge in [-0.3, -0.25) is 0 Å². The van der Waals surface area contributed by atoms with Crippen LogP contribution in [0.3, 0.4) is 0 Å². The third kappa shape index (κ3) is 2.31. The van der Waals surface area contributed by atoms with Gasteiger partial charge >= 0.3 is 0 Å². The molecule has 0 bridgehead atoms. The Morgan fingerprint density at radius 2 is 2.31 bits per heavy atom. The number of fused-ring (bicyclic) bond motifs is 1. The van der Waals surface area contributed by atoms with Crippen molar-refractivity contribution in [2.45, 2.75) is 25.9 Å². The molecule has 1 aromatic rings. The van der Waals surface area contributed by atoms with Crippen LogP contribution in [-0.2, 0) is 24.2 Å². The second kappa shape index (κ2) is 5.23. The van der Waals surface area contributed by atoms with Crippen molar-refractivity contribution in [1.82, 2.24) is 9.97 Å². The van der Waals surface area contributed by atoms with Gasteiger partial charge in [0.2, 0.25) is 5.88 Å². The van der Waals surface area contributed by atoms with Gasteiger partial charge in [0.1, 0.15) is 5.82 Å². The summed E-state index contributed by atoms with van der Waals surface area (Å²) >= 11 is 0. The largest absolute Gasteiger partial charge is 0.481 e. The minimum atomic E-state index is 0.559. The van der Waals surface area contributed by atoms with Crippen LogP contribution in [0.2, 0.25) is 0 Å². The first kappa shape index (κ1) is 11.3. The summed E-state index contributed by atoms with van der Waals surface area (Å²) in [5.74, 6) is 1.49. The Hall–Kier alpha value is -1.20. The number of rotatable bonds is 4. The molecule has 0 aliphatic carbocycles. The molecular formula is C11H17N3O2. The lowest BCUT2D eigenvalue weighted by atomic mass is 10.1. The highest BCUT2D eigenvalue weighted by Crippen LogP contribution is 2.23. The summed E-state index contributed by atoms with van der Waals surface area (Å²) in [5.41, 5.74) is 7.52. The van der Waals surface area contributed by atoms with Crippen LogP contribution in [0.5, 0.6) is 5.88 Å². The van der Waals surface area contributed by atoms with Gasteiger partial charge in [-0.15, -0.1) is 0 Å². The Morgan fingerprint density at radius 1 is 1.44 bits per heavy atom. The molecule has 0 saturated carbocycles. The van der Waals surface area contributed by atoms with E-state index >= 15 is 0 Å². The number of methoxy groups -OCH3 is 1. The van der Waals surface area contributed by atoms with Crippen molar-refractivity contribution in [2.75, 3.05) is 20.3 Å². The molecule has 5 heteroatoms. The van der Waals surface area contributed by atoms with Gasteiger partial charge in [0.25, 0.3) is 0 Å². The SMILES string of the molecule is COc1nc(CCCN)nc2c1CCOC2. The van der Waals surface area contributed by atoms with Crippen molar-refractivity contribution in [3.8, 4) is 5.88 Å². The molecule has 1 aliphatic rings. The molecule has 0 saturated heterocycles. The molecule has 2 heterocycles. The van der Waals surface area contributed by atoms with Crippen molar-refractivity contribution in [2.24, 2.45) is 5.73 Å². The fourth-order valence-electron chi connectivity index (χ4n) is 1.81. The van der Waals surface area contributed by atoms with Gasteiger partial charge in [0.15, 0.2) is 0 Å². The second-order valence-corrected chi connectivity index (χ2v) is 3.77. The van der Waals surface area contributed by atoms with Crippen LogP contribution in [0.1, 0.15) is 23.5 Å². The molecular weight excluding hydrogens is 206 g/mol. The van der Waals surface area contributed by atoms with E-state index in [1.807, 2.05) is 0 Å². The lowest BCUT2D eigenvalue weighted by molar-refractivity contribution is 0.105. The van der Waals surface area contributed by atoms with Gasteiger partial charge in [-0.25, -0.2) is 4.98 Å². The van der Waals surface area contributed by atoms with Gasteiger partial charge in [0.05, 0.1) is 26.0 Å². The van der Waals surface area contributed by atoms with E-state index < -0.39 is 0 Å². The Balaban J connectivity index is 2.28. The summed E-state index contributed by atoms with van der Waals surface area (Å²) < 4.78 is 10.7. The fourth-order valence-corrected chi connectivity index (χ4v) is 1.81. The number of nitrogens with zero attached hydrogens (tertiary/aromatic N) is 2. The highest BCUT2D eigenvalue weighted by atomic mass is 16.5. The van der Waals surface area contributed by atoms with Gasteiger partial charge in [-0.1, -0.05) is 0 Å². The zero-order chi connectivity index (χ0) is 11.4. The van der Waals surface area contributed by atoms with Gasteiger partial charge in [-0.05, 0) is 13.0 Å². The van der Waals surface area contributed by atoms with Crippen molar-refractivity contribution in [3.63, 3.8) is 0 Å². The summed E-state index contributed by atoms with van der Waals surface area (Å²) in [6, 6.07) is 0. The standard InChI is InChI=1S/C11H17N3O2/c1-15-11-8-4-6-16-7-9(8)13-10(14-11)3-2-5-12/h2-7,12H2,1H3. The van der Waals surface area contributed by atoms with Gasteiger partial charge in [0, 0.05) is 18.4 Å². The summed E-state index contributed by atoms with van der Waals surface area (Å²) in [4.78, 5) is 8.89. The Labute approximate surface area is 95.0 Å². The number of hydrogen-bond donors (Lipinski definition) is 1. The van der Waals surface area contributed by atoms with E-state index in [0.29, 0.717) is 19.0 Å². The van der Waals surface area contributed by atoms with Crippen LogP contribution >= 0.6 is 0 Å². The minimum Gasteiger partial charge on any atom is -0.481 e. The first-order valence-corrected chi connectivity index (χ1v) is 5.55. The maximum atomic E-state index is 5.47. The van der Waals surface area contributed by atoms with Crippen molar-refractivity contribution >= 4 is 0 Å². The number of nitrogens with two attached hydrogens (primary N) is 1. The first-order valence-electron chi connectivity index (χ1n) is 5.55. The van der Waals surface area contributed by atoms with Crippen molar-refractivity contribution < 1.29 is 9.47 Å². The summed E-state index contributed by atoms with van der Waals surface area (Å²) in [6.45, 7) is 1.93. The van der Waals surface area contributed by atoms with Crippen LogP contribution in [0.4, 0.5) is 0 Å². The van der Waals surface area contributed by atoms with E-state index in [4.69, 9.17) is 15.2 Å². The van der Waals surface area contributed by atoms with Crippen molar-refractivity contribution in [3.05, 3.63) is 17.1 Å². The Bertz CT molecular complexity index is 351. The zero-order valence-electron chi connectivity index (χ0n) is 9.53. The third-order valence-corrected chi connectivity index (χ3v) is 2.63. The highest BCUT2D eigenvalue weighted by Gasteiger charge is 2.18. The van der Waals surface area contributed by atoms with E-state index in [2.05, 4.69) is 9.97 Å². The third-order valence-electron chi connectivity index (χ3n) is 2.63. The minimum absolute atomic E-state index is 0.559. The predicted octanol–water partition coefficient (Wildman–Crippen LogP) is 0.449. The van der Waals surface area contributed by atoms with Crippen molar-refractivity contribution in [1.29, 1.82) is 0 Å². The maximum absolute atomic E-state index is 5.47. The summed E-state index contributed by atoms with van der Waals surface area (Å²) in [7, 11) is 1.64. The smallest absolute Gasteiger partial charge is 0.220 e. The molecule has 88 valence electrons. The molecule has 5 nitrogen and oxygen atoms in total. The van der Waals surface area contributed by atoms with Gasteiger partial charge < -0.3 is 15.2 Å². The Kier molecular flexibility index (Phi) is 3.69. The monoisotopic (exact) mass is 223 g/mol. The molecule has 0 atom stereocenters. The van der Waals surface area contributed by atoms with Crippen LogP contribution < -0.4 is 10.5 Å². The first-order chi connectivity index (χ1) is 7.85. The quantitative estimate of drug-likeness (QED) is 0.802. The molecule has 0 aromatic carbocycles. The number of aromatic nitrogens is 2. The van der Waals surface area contributed by atoms with E-state index in [1.165, 1.54) is 0 Å². The van der Waals surface area contributed by atoms with E-state index in [1.54, 1.807) is 7.11 Å². The molecule has 16 heavy (non-hydrogen) atoms. The number of hydrogen-bond acceptors (Lipinski definition) is 5. The number of aryl methyl sites for hydroxylation is 1. The highest BCUT2D eigenvalue weighted by molar-refractivity contribution is 5.32. The van der Waals surface area contributed by atoms with Crippen LogP contribution in [-0.4, -0.2) is 30.2 Å². The maximum Gasteiger partial charge on any atom is 0.220 e. The van der Waals surface area contributed by atoms with Crippen LogP contribution in [0, 0.1) is 0 Å². The molecule has 1 aliphatic heterocycles.